The fourth-order valence-electron chi connectivity index (χ4n) is 1.80. The summed E-state index contributed by atoms with van der Waals surface area (Å²) in [5.74, 6) is 8.26. The zero-order valence-corrected chi connectivity index (χ0v) is 12.5. The topological polar surface area (TPSA) is 95.6 Å². The maximum absolute atomic E-state index is 6.05. The molecule has 8 heteroatoms. The molecule has 0 aliphatic carbocycles. The molecule has 0 fully saturated rings. The third-order valence-electron chi connectivity index (χ3n) is 2.87. The maximum atomic E-state index is 6.05. The first-order chi connectivity index (χ1) is 10.1. The molecular formula is C13H14N6OS. The highest BCUT2D eigenvalue weighted by atomic mass is 32.2. The molecule has 0 aliphatic heterocycles. The lowest BCUT2D eigenvalue weighted by molar-refractivity contribution is 0.485. The number of aromatic nitrogens is 5. The van der Waals surface area contributed by atoms with Gasteiger partial charge in [0, 0.05) is 12.5 Å². The van der Waals surface area contributed by atoms with E-state index < -0.39 is 0 Å². The highest BCUT2D eigenvalue weighted by Gasteiger charge is 2.13. The fourth-order valence-corrected chi connectivity index (χ4v) is 2.49. The molecule has 0 atom stereocenters. The Kier molecular flexibility index (Phi) is 3.61. The van der Waals surface area contributed by atoms with E-state index >= 15 is 0 Å². The zero-order valence-electron chi connectivity index (χ0n) is 11.6. The van der Waals surface area contributed by atoms with Crippen molar-refractivity contribution in [2.75, 3.05) is 5.84 Å². The van der Waals surface area contributed by atoms with Crippen LogP contribution in [0.1, 0.15) is 17.3 Å². The van der Waals surface area contributed by atoms with Gasteiger partial charge < -0.3 is 10.3 Å². The number of nitrogens with two attached hydrogens (primary N) is 1. The number of benzene rings is 1. The molecule has 1 aromatic carbocycles. The lowest BCUT2D eigenvalue weighted by atomic mass is 10.1. The first kappa shape index (κ1) is 13.6. The van der Waals surface area contributed by atoms with Gasteiger partial charge in [-0.05, 0) is 6.92 Å². The van der Waals surface area contributed by atoms with Crippen molar-refractivity contribution >= 4 is 11.8 Å². The molecule has 21 heavy (non-hydrogen) atoms. The molecule has 0 amide bonds. The number of nitrogen functional groups attached to an aromatic ring is 1. The first-order valence-corrected chi connectivity index (χ1v) is 7.31. The van der Waals surface area contributed by atoms with Gasteiger partial charge in [0.05, 0.1) is 5.75 Å². The molecule has 2 heterocycles. The van der Waals surface area contributed by atoms with Gasteiger partial charge in [-0.2, -0.15) is 0 Å². The Morgan fingerprint density at radius 2 is 1.86 bits per heavy atom. The largest absolute Gasteiger partial charge is 0.425 e. The molecule has 2 aromatic heterocycles. The van der Waals surface area contributed by atoms with Crippen LogP contribution in [0.15, 0.2) is 33.8 Å². The van der Waals surface area contributed by atoms with Gasteiger partial charge in [0.15, 0.2) is 5.82 Å². The van der Waals surface area contributed by atoms with Gasteiger partial charge in [-0.15, -0.1) is 20.4 Å². The van der Waals surface area contributed by atoms with Crippen LogP contribution in [0, 0.1) is 13.8 Å². The minimum atomic E-state index is 0.504. The maximum Gasteiger partial charge on any atom is 0.226 e. The monoisotopic (exact) mass is 302 g/mol. The summed E-state index contributed by atoms with van der Waals surface area (Å²) < 4.78 is 6.78. The van der Waals surface area contributed by atoms with E-state index in [-0.39, 0.29) is 0 Å². The summed E-state index contributed by atoms with van der Waals surface area (Å²) in [6.07, 6.45) is 0. The Bertz CT molecular complexity index is 748. The molecule has 0 saturated heterocycles. The number of thioether (sulfide) groups is 1. The molecule has 0 aliphatic rings. The molecule has 7 nitrogen and oxygen atoms in total. The van der Waals surface area contributed by atoms with E-state index in [1.54, 1.807) is 6.92 Å². The van der Waals surface area contributed by atoms with Crippen LogP contribution in [-0.2, 0) is 5.75 Å². The summed E-state index contributed by atoms with van der Waals surface area (Å²) >= 11 is 1.40. The van der Waals surface area contributed by atoms with E-state index in [9.17, 15) is 0 Å². The average Bonchev–Trinajstić information content (AvgIpc) is 3.04. The predicted octanol–water partition coefficient (Wildman–Crippen LogP) is 1.95. The standard InChI is InChI=1S/C13H14N6OS/c1-8-3-5-10(6-4-8)12-17-18-13(19(12)14)21-7-11-16-15-9(2)20-11/h3-6H,7,14H2,1-2H3. The summed E-state index contributed by atoms with van der Waals surface area (Å²) in [4.78, 5) is 0. The third kappa shape index (κ3) is 2.89. The van der Waals surface area contributed by atoms with Crippen molar-refractivity contribution in [1.29, 1.82) is 0 Å². The molecule has 0 spiro atoms. The van der Waals surface area contributed by atoms with Gasteiger partial charge in [-0.25, -0.2) is 4.68 Å². The van der Waals surface area contributed by atoms with Gasteiger partial charge in [-0.1, -0.05) is 41.6 Å². The number of hydrogen-bond donors (Lipinski definition) is 1. The van der Waals surface area contributed by atoms with Crippen LogP contribution in [0.3, 0.4) is 0 Å². The number of rotatable bonds is 4. The fraction of sp³-hybridized carbons (Fsp3) is 0.231. The SMILES string of the molecule is Cc1ccc(-c2nnc(SCc3nnc(C)o3)n2N)cc1. The van der Waals surface area contributed by atoms with Crippen LogP contribution in [0.5, 0.6) is 0 Å². The van der Waals surface area contributed by atoms with Gasteiger partial charge >= 0.3 is 0 Å². The number of nitrogens with zero attached hydrogens (tertiary/aromatic N) is 5. The Labute approximate surface area is 125 Å². The Balaban J connectivity index is 1.77. The molecule has 0 radical (unpaired) electrons. The molecule has 108 valence electrons. The molecule has 3 aromatic rings. The van der Waals surface area contributed by atoms with Crippen molar-refractivity contribution in [2.45, 2.75) is 24.8 Å². The summed E-state index contributed by atoms with van der Waals surface area (Å²) in [7, 11) is 0. The Morgan fingerprint density at radius 3 is 2.52 bits per heavy atom. The van der Waals surface area contributed by atoms with Crippen molar-refractivity contribution in [1.82, 2.24) is 25.1 Å². The van der Waals surface area contributed by atoms with Crippen LogP contribution in [0.4, 0.5) is 0 Å². The minimum Gasteiger partial charge on any atom is -0.425 e. The molecule has 2 N–H and O–H groups in total. The smallest absolute Gasteiger partial charge is 0.226 e. The van der Waals surface area contributed by atoms with Crippen molar-refractivity contribution in [3.63, 3.8) is 0 Å². The molecule has 0 saturated carbocycles. The minimum absolute atomic E-state index is 0.504. The van der Waals surface area contributed by atoms with Crippen LogP contribution in [-0.4, -0.2) is 25.1 Å². The quantitative estimate of drug-likeness (QED) is 0.581. The molecule has 3 rings (SSSR count). The summed E-state index contributed by atoms with van der Waals surface area (Å²) in [6, 6.07) is 7.97. The van der Waals surface area contributed by atoms with Crippen LogP contribution in [0.25, 0.3) is 11.4 Å². The van der Waals surface area contributed by atoms with E-state index in [1.165, 1.54) is 22.0 Å². The second kappa shape index (κ2) is 5.57. The second-order valence-corrected chi connectivity index (χ2v) is 5.49. The summed E-state index contributed by atoms with van der Waals surface area (Å²) in [6.45, 7) is 3.78. The van der Waals surface area contributed by atoms with E-state index in [2.05, 4.69) is 20.4 Å². The molecular weight excluding hydrogens is 288 g/mol. The van der Waals surface area contributed by atoms with Gasteiger partial charge in [0.2, 0.25) is 16.9 Å². The summed E-state index contributed by atoms with van der Waals surface area (Å²) in [5, 5.41) is 16.5. The average molecular weight is 302 g/mol. The van der Waals surface area contributed by atoms with Crippen LogP contribution >= 0.6 is 11.8 Å². The molecule has 0 bridgehead atoms. The van der Waals surface area contributed by atoms with E-state index in [0.717, 1.165) is 5.56 Å². The van der Waals surface area contributed by atoms with Crippen molar-refractivity contribution in [3.05, 3.63) is 41.6 Å². The highest BCUT2D eigenvalue weighted by Crippen LogP contribution is 2.24. The van der Waals surface area contributed by atoms with Crippen LogP contribution in [0.2, 0.25) is 0 Å². The van der Waals surface area contributed by atoms with Crippen molar-refractivity contribution in [3.8, 4) is 11.4 Å². The lowest BCUT2D eigenvalue weighted by Crippen LogP contribution is -2.11. The van der Waals surface area contributed by atoms with Crippen LogP contribution < -0.4 is 5.84 Å². The normalized spacial score (nSPS) is 11.0. The van der Waals surface area contributed by atoms with E-state index in [1.807, 2.05) is 31.2 Å². The van der Waals surface area contributed by atoms with Gasteiger partial charge in [-0.3, -0.25) is 0 Å². The zero-order chi connectivity index (χ0) is 14.8. The summed E-state index contributed by atoms with van der Waals surface area (Å²) in [5.41, 5.74) is 2.11. The Hall–Kier alpha value is -2.35. The first-order valence-electron chi connectivity index (χ1n) is 6.33. The lowest BCUT2D eigenvalue weighted by Gasteiger charge is -2.03. The predicted molar refractivity (Wildman–Crippen MR) is 78.9 cm³/mol. The van der Waals surface area contributed by atoms with Crippen molar-refractivity contribution < 1.29 is 4.42 Å². The van der Waals surface area contributed by atoms with Gasteiger partial charge in [0.25, 0.3) is 0 Å². The second-order valence-electron chi connectivity index (χ2n) is 4.55. The van der Waals surface area contributed by atoms with Gasteiger partial charge in [0.1, 0.15) is 0 Å². The van der Waals surface area contributed by atoms with E-state index in [0.29, 0.717) is 28.5 Å². The number of aryl methyl sites for hydroxylation is 2. The number of hydrogen-bond acceptors (Lipinski definition) is 7. The third-order valence-corrected chi connectivity index (χ3v) is 3.79. The molecule has 0 unspecified atom stereocenters. The highest BCUT2D eigenvalue weighted by molar-refractivity contribution is 7.98. The van der Waals surface area contributed by atoms with E-state index in [4.69, 9.17) is 10.3 Å². The Morgan fingerprint density at radius 1 is 1.10 bits per heavy atom. The van der Waals surface area contributed by atoms with Crippen molar-refractivity contribution in [2.24, 2.45) is 0 Å².